The van der Waals surface area contributed by atoms with E-state index in [0.29, 0.717) is 12.4 Å². The van der Waals surface area contributed by atoms with E-state index in [1.165, 1.54) is 26.1 Å². The fourth-order valence-corrected chi connectivity index (χ4v) is 1.41. The number of amides is 3. The van der Waals surface area contributed by atoms with Crippen LogP contribution in [0.4, 0.5) is 4.79 Å². The number of imide groups is 1. The van der Waals surface area contributed by atoms with Crippen LogP contribution in [0.15, 0.2) is 24.3 Å². The van der Waals surface area contributed by atoms with Crippen LogP contribution in [0.5, 0.6) is 5.75 Å². The summed E-state index contributed by atoms with van der Waals surface area (Å²) in [7, 11) is 1.37. The smallest absolute Gasteiger partial charge is 0.338 e. The molecular formula is C14H18N2O5. The second kappa shape index (κ2) is 7.88. The summed E-state index contributed by atoms with van der Waals surface area (Å²) in [5.41, 5.74) is 0.290. The quantitative estimate of drug-likeness (QED) is 0.793. The van der Waals surface area contributed by atoms with Gasteiger partial charge in [-0.25, -0.2) is 9.59 Å². The first-order valence-electron chi connectivity index (χ1n) is 6.44. The van der Waals surface area contributed by atoms with E-state index in [1.807, 2.05) is 12.2 Å². The fraction of sp³-hybridized carbons (Fsp3) is 0.357. The lowest BCUT2D eigenvalue weighted by molar-refractivity contribution is -0.127. The number of ether oxygens (including phenoxy) is 2. The number of carbonyl (C=O) groups excluding carboxylic acids is 3. The molecule has 21 heavy (non-hydrogen) atoms. The van der Waals surface area contributed by atoms with Gasteiger partial charge in [-0.2, -0.15) is 0 Å². The van der Waals surface area contributed by atoms with Crippen LogP contribution >= 0.6 is 0 Å². The number of urea groups is 1. The fourth-order valence-electron chi connectivity index (χ4n) is 1.41. The summed E-state index contributed by atoms with van der Waals surface area (Å²) in [6, 6.07) is 5.68. The van der Waals surface area contributed by atoms with Gasteiger partial charge in [0.25, 0.3) is 5.91 Å². The van der Waals surface area contributed by atoms with Crippen molar-refractivity contribution in [3.05, 3.63) is 29.8 Å². The number of carbonyl (C=O) groups is 3. The third kappa shape index (κ3) is 5.13. The predicted octanol–water partition coefficient (Wildman–Crippen LogP) is 1.09. The van der Waals surface area contributed by atoms with Crippen LogP contribution in [0.1, 0.15) is 24.2 Å². The number of hydrogen-bond acceptors (Lipinski definition) is 5. The Morgan fingerprint density at radius 3 is 2.33 bits per heavy atom. The van der Waals surface area contributed by atoms with Crippen molar-refractivity contribution in [3.63, 3.8) is 0 Å². The molecule has 0 saturated carbocycles. The minimum absolute atomic E-state index is 0.290. The van der Waals surface area contributed by atoms with E-state index in [2.05, 4.69) is 5.32 Å². The maximum atomic E-state index is 11.8. The maximum absolute atomic E-state index is 11.8. The van der Waals surface area contributed by atoms with Crippen LogP contribution in [0.25, 0.3) is 0 Å². The molecule has 7 heteroatoms. The van der Waals surface area contributed by atoms with Crippen molar-refractivity contribution in [3.8, 4) is 5.75 Å². The van der Waals surface area contributed by atoms with Crippen LogP contribution in [0.2, 0.25) is 0 Å². The average Bonchev–Trinajstić information content (AvgIpc) is 2.47. The molecule has 114 valence electrons. The van der Waals surface area contributed by atoms with Crippen molar-refractivity contribution in [2.45, 2.75) is 20.0 Å². The van der Waals surface area contributed by atoms with Crippen LogP contribution in [0.3, 0.4) is 0 Å². The van der Waals surface area contributed by atoms with Gasteiger partial charge >= 0.3 is 12.0 Å². The number of rotatable bonds is 5. The molecule has 1 rings (SSSR count). The van der Waals surface area contributed by atoms with Crippen LogP contribution in [0, 0.1) is 0 Å². The molecule has 7 nitrogen and oxygen atoms in total. The molecule has 1 aromatic rings. The second-order valence-electron chi connectivity index (χ2n) is 4.07. The lowest BCUT2D eigenvalue weighted by Crippen LogP contribution is -2.43. The lowest BCUT2D eigenvalue weighted by Gasteiger charge is -2.12. The van der Waals surface area contributed by atoms with Gasteiger partial charge < -0.3 is 14.8 Å². The second-order valence-corrected chi connectivity index (χ2v) is 4.07. The number of esters is 1. The van der Waals surface area contributed by atoms with E-state index in [0.717, 1.165) is 0 Å². The highest BCUT2D eigenvalue weighted by molar-refractivity contribution is 5.98. The van der Waals surface area contributed by atoms with Crippen LogP contribution in [-0.2, 0) is 9.53 Å². The van der Waals surface area contributed by atoms with Crippen molar-refractivity contribution >= 4 is 17.9 Å². The standard InChI is InChI=1S/C14H18N2O5/c1-4-20-11-7-5-10(6-8-11)13(18)21-9(2)12(17)16-14(19)15-3/h5-9H,4H2,1-3H3,(H2,15,16,17,19). The van der Waals surface area contributed by atoms with E-state index >= 15 is 0 Å². The molecule has 0 spiro atoms. The third-order valence-electron chi connectivity index (χ3n) is 2.52. The van der Waals surface area contributed by atoms with E-state index in [4.69, 9.17) is 9.47 Å². The molecule has 1 atom stereocenters. The topological polar surface area (TPSA) is 93.7 Å². The Morgan fingerprint density at radius 2 is 1.81 bits per heavy atom. The predicted molar refractivity (Wildman–Crippen MR) is 75.1 cm³/mol. The molecular weight excluding hydrogens is 276 g/mol. The first-order valence-corrected chi connectivity index (χ1v) is 6.44. The summed E-state index contributed by atoms with van der Waals surface area (Å²) in [5.74, 6) is -0.717. The molecule has 0 aliphatic carbocycles. The highest BCUT2D eigenvalue weighted by Crippen LogP contribution is 2.13. The first-order chi connectivity index (χ1) is 9.97. The molecule has 1 aromatic carbocycles. The van der Waals surface area contributed by atoms with Gasteiger partial charge in [0, 0.05) is 7.05 Å². The molecule has 0 radical (unpaired) electrons. The third-order valence-corrected chi connectivity index (χ3v) is 2.52. The van der Waals surface area contributed by atoms with E-state index < -0.39 is 24.0 Å². The van der Waals surface area contributed by atoms with Crippen molar-refractivity contribution in [2.75, 3.05) is 13.7 Å². The van der Waals surface area contributed by atoms with Crippen molar-refractivity contribution in [1.82, 2.24) is 10.6 Å². The highest BCUT2D eigenvalue weighted by atomic mass is 16.5. The summed E-state index contributed by atoms with van der Waals surface area (Å²) >= 11 is 0. The van der Waals surface area contributed by atoms with Crippen molar-refractivity contribution in [1.29, 1.82) is 0 Å². The zero-order chi connectivity index (χ0) is 15.8. The normalized spacial score (nSPS) is 11.2. The largest absolute Gasteiger partial charge is 0.494 e. The van der Waals surface area contributed by atoms with E-state index in [9.17, 15) is 14.4 Å². The summed E-state index contributed by atoms with van der Waals surface area (Å²) in [4.78, 5) is 34.4. The average molecular weight is 294 g/mol. The van der Waals surface area contributed by atoms with Crippen LogP contribution in [-0.4, -0.2) is 37.7 Å². The Labute approximate surface area is 122 Å². The highest BCUT2D eigenvalue weighted by Gasteiger charge is 2.20. The molecule has 0 saturated heterocycles. The molecule has 0 aliphatic heterocycles. The SMILES string of the molecule is CCOc1ccc(C(=O)OC(C)C(=O)NC(=O)NC)cc1. The van der Waals surface area contributed by atoms with Gasteiger partial charge in [-0.05, 0) is 38.1 Å². The molecule has 0 bridgehead atoms. The molecule has 0 aromatic heterocycles. The lowest BCUT2D eigenvalue weighted by atomic mass is 10.2. The van der Waals surface area contributed by atoms with Crippen molar-refractivity contribution in [2.24, 2.45) is 0 Å². The Morgan fingerprint density at radius 1 is 1.19 bits per heavy atom. The number of nitrogens with one attached hydrogen (secondary N) is 2. The van der Waals surface area contributed by atoms with Gasteiger partial charge in [-0.1, -0.05) is 0 Å². The summed E-state index contributed by atoms with van der Waals surface area (Å²) in [5, 5.41) is 4.25. The molecule has 1 unspecified atom stereocenters. The summed E-state index contributed by atoms with van der Waals surface area (Å²) < 4.78 is 10.2. The Hall–Kier alpha value is -2.57. The zero-order valence-corrected chi connectivity index (χ0v) is 12.1. The Bertz CT molecular complexity index is 513. The molecule has 0 aliphatic rings. The van der Waals surface area contributed by atoms with E-state index in [-0.39, 0.29) is 5.56 Å². The van der Waals surface area contributed by atoms with Gasteiger partial charge in [0.05, 0.1) is 12.2 Å². The molecule has 0 fully saturated rings. The van der Waals surface area contributed by atoms with Gasteiger partial charge in [0.1, 0.15) is 5.75 Å². The maximum Gasteiger partial charge on any atom is 0.338 e. The zero-order valence-electron chi connectivity index (χ0n) is 12.1. The number of hydrogen-bond donors (Lipinski definition) is 2. The molecule has 2 N–H and O–H groups in total. The summed E-state index contributed by atoms with van der Waals surface area (Å²) in [6.07, 6.45) is -1.08. The molecule has 0 heterocycles. The van der Waals surface area contributed by atoms with Crippen LogP contribution < -0.4 is 15.4 Å². The van der Waals surface area contributed by atoms with Gasteiger partial charge in [-0.3, -0.25) is 10.1 Å². The number of benzene rings is 1. The Kier molecular flexibility index (Phi) is 6.19. The molecule has 3 amide bonds. The minimum Gasteiger partial charge on any atom is -0.494 e. The van der Waals surface area contributed by atoms with Gasteiger partial charge in [0.2, 0.25) is 0 Å². The Balaban J connectivity index is 2.59. The van der Waals surface area contributed by atoms with Gasteiger partial charge in [0.15, 0.2) is 6.10 Å². The van der Waals surface area contributed by atoms with Crippen molar-refractivity contribution < 1.29 is 23.9 Å². The van der Waals surface area contributed by atoms with E-state index in [1.54, 1.807) is 12.1 Å². The monoisotopic (exact) mass is 294 g/mol. The summed E-state index contributed by atoms with van der Waals surface area (Å²) in [6.45, 7) is 3.76. The van der Waals surface area contributed by atoms with Gasteiger partial charge in [-0.15, -0.1) is 0 Å². The minimum atomic E-state index is -1.08. The first kappa shape index (κ1) is 16.5.